The van der Waals surface area contributed by atoms with Gasteiger partial charge in [0.15, 0.2) is 11.5 Å². The number of fused-ring (bicyclic) bond motifs is 2. The first-order valence-electron chi connectivity index (χ1n) is 13.2. The molecule has 6 rings (SSSR count). The Bertz CT molecular complexity index is 1460. The Morgan fingerprint density at radius 2 is 1.76 bits per heavy atom. The molecule has 7 nitrogen and oxygen atoms in total. The molecule has 1 atom stereocenters. The fourth-order valence-corrected chi connectivity index (χ4v) is 5.34. The van der Waals surface area contributed by atoms with Gasteiger partial charge < -0.3 is 24.3 Å². The third-order valence-electron chi connectivity index (χ3n) is 7.49. The second kappa shape index (κ2) is 10.4. The zero-order chi connectivity index (χ0) is 26.1. The van der Waals surface area contributed by atoms with Gasteiger partial charge in [0.05, 0.1) is 23.6 Å². The van der Waals surface area contributed by atoms with Crippen molar-refractivity contribution < 1.29 is 18.7 Å². The Kier molecular flexibility index (Phi) is 6.62. The zero-order valence-corrected chi connectivity index (χ0v) is 21.4. The summed E-state index contributed by atoms with van der Waals surface area (Å²) in [5, 5.41) is 3.18. The lowest BCUT2D eigenvalue weighted by molar-refractivity contribution is -0.126. The normalized spacial score (nSPS) is 16.4. The molecule has 0 spiro atoms. The minimum Gasteiger partial charge on any atom is -0.486 e. The molecule has 1 aromatic heterocycles. The fourth-order valence-electron chi connectivity index (χ4n) is 5.34. The van der Waals surface area contributed by atoms with Gasteiger partial charge in [-0.25, -0.2) is 9.37 Å². The topological polar surface area (TPSA) is 68.6 Å². The van der Waals surface area contributed by atoms with Crippen LogP contribution in [0.5, 0.6) is 11.5 Å². The highest BCUT2D eigenvalue weighted by Gasteiger charge is 2.29. The van der Waals surface area contributed by atoms with Crippen LogP contribution in [-0.2, 0) is 11.3 Å². The number of anilines is 1. The second-order valence-corrected chi connectivity index (χ2v) is 9.97. The van der Waals surface area contributed by atoms with Crippen molar-refractivity contribution in [2.75, 3.05) is 31.2 Å². The highest BCUT2D eigenvalue weighted by atomic mass is 19.1. The number of para-hydroxylation sites is 2. The van der Waals surface area contributed by atoms with Crippen LogP contribution in [0.15, 0.2) is 66.7 Å². The van der Waals surface area contributed by atoms with Crippen LogP contribution >= 0.6 is 0 Å². The summed E-state index contributed by atoms with van der Waals surface area (Å²) in [5.41, 5.74) is 3.46. The van der Waals surface area contributed by atoms with Crippen molar-refractivity contribution in [3.05, 3.63) is 83.7 Å². The van der Waals surface area contributed by atoms with Crippen molar-refractivity contribution in [1.29, 1.82) is 0 Å². The maximum atomic E-state index is 14.5. The van der Waals surface area contributed by atoms with Crippen LogP contribution in [0.2, 0.25) is 0 Å². The Morgan fingerprint density at radius 3 is 2.58 bits per heavy atom. The molecule has 1 saturated heterocycles. The minimum absolute atomic E-state index is 0.0619. The summed E-state index contributed by atoms with van der Waals surface area (Å²) >= 11 is 0. The molecule has 2 aliphatic heterocycles. The summed E-state index contributed by atoms with van der Waals surface area (Å²) in [5.74, 6) is 2.05. The number of benzene rings is 3. The third kappa shape index (κ3) is 4.78. The lowest BCUT2D eigenvalue weighted by atomic mass is 9.95. The van der Waals surface area contributed by atoms with E-state index in [2.05, 4.69) is 14.8 Å². The monoisotopic (exact) mass is 514 g/mol. The van der Waals surface area contributed by atoms with Crippen molar-refractivity contribution in [2.24, 2.45) is 5.92 Å². The highest BCUT2D eigenvalue weighted by Crippen LogP contribution is 2.33. The number of hydrogen-bond acceptors (Lipinski definition) is 5. The summed E-state index contributed by atoms with van der Waals surface area (Å²) in [7, 11) is 0. The van der Waals surface area contributed by atoms with E-state index in [4.69, 9.17) is 14.5 Å². The van der Waals surface area contributed by atoms with E-state index in [1.807, 2.05) is 61.5 Å². The van der Waals surface area contributed by atoms with Crippen LogP contribution in [-0.4, -0.2) is 41.8 Å². The molecule has 4 aromatic rings. The quantitative estimate of drug-likeness (QED) is 0.388. The molecule has 3 aromatic carbocycles. The summed E-state index contributed by atoms with van der Waals surface area (Å²) in [6, 6.07) is 20.5. The highest BCUT2D eigenvalue weighted by molar-refractivity contribution is 5.80. The average molecular weight is 515 g/mol. The van der Waals surface area contributed by atoms with E-state index in [0.29, 0.717) is 38.4 Å². The lowest BCUT2D eigenvalue weighted by Crippen LogP contribution is -2.42. The first kappa shape index (κ1) is 24.3. The number of amides is 1. The van der Waals surface area contributed by atoms with E-state index in [0.717, 1.165) is 46.9 Å². The number of rotatable bonds is 6. The summed E-state index contributed by atoms with van der Waals surface area (Å²) in [6.07, 6.45) is 1.45. The van der Waals surface area contributed by atoms with Gasteiger partial charge in [-0.2, -0.15) is 0 Å². The standard InChI is InChI=1S/C30H31FN4O3/c1-20(22-10-11-27-28(18-22)38-17-16-37-27)32-29(36)21-12-14-34(15-13-21)30-33-25-8-4-5-9-26(25)35(30)19-23-6-2-3-7-24(23)31/h2-11,18,20-21H,12-17,19H2,1H3,(H,32,36)/t20-/m0/s1. The molecule has 3 heterocycles. The van der Waals surface area contributed by atoms with Gasteiger partial charge in [0.2, 0.25) is 11.9 Å². The molecule has 8 heteroatoms. The van der Waals surface area contributed by atoms with Gasteiger partial charge in [-0.05, 0) is 55.7 Å². The molecule has 0 aliphatic carbocycles. The maximum absolute atomic E-state index is 14.5. The molecule has 196 valence electrons. The molecule has 0 unspecified atom stereocenters. The van der Waals surface area contributed by atoms with E-state index >= 15 is 0 Å². The van der Waals surface area contributed by atoms with E-state index < -0.39 is 0 Å². The number of nitrogens with one attached hydrogen (secondary N) is 1. The predicted octanol–water partition coefficient (Wildman–Crippen LogP) is 5.09. The van der Waals surface area contributed by atoms with Crippen LogP contribution < -0.4 is 19.7 Å². The Balaban J connectivity index is 1.14. The number of nitrogens with zero attached hydrogens (tertiary/aromatic N) is 3. The first-order chi connectivity index (χ1) is 18.6. The number of ether oxygens (including phenoxy) is 2. The number of imidazole rings is 1. The molecule has 38 heavy (non-hydrogen) atoms. The van der Waals surface area contributed by atoms with Gasteiger partial charge in [0.1, 0.15) is 19.0 Å². The van der Waals surface area contributed by atoms with Gasteiger partial charge in [0.25, 0.3) is 0 Å². The van der Waals surface area contributed by atoms with Crippen molar-refractivity contribution >= 4 is 22.9 Å². The Labute approximate surface area is 221 Å². The van der Waals surface area contributed by atoms with Gasteiger partial charge >= 0.3 is 0 Å². The van der Waals surface area contributed by atoms with Crippen molar-refractivity contribution in [2.45, 2.75) is 32.4 Å². The summed E-state index contributed by atoms with van der Waals surface area (Å²) in [4.78, 5) is 20.3. The Morgan fingerprint density at radius 1 is 1.03 bits per heavy atom. The smallest absolute Gasteiger partial charge is 0.223 e. The van der Waals surface area contributed by atoms with Crippen molar-refractivity contribution in [3.8, 4) is 11.5 Å². The van der Waals surface area contributed by atoms with E-state index in [1.54, 1.807) is 6.07 Å². The van der Waals surface area contributed by atoms with E-state index in [-0.39, 0.29) is 23.7 Å². The van der Waals surface area contributed by atoms with Crippen molar-refractivity contribution in [3.63, 3.8) is 0 Å². The lowest BCUT2D eigenvalue weighted by Gasteiger charge is -2.33. The number of carbonyl (C=O) groups excluding carboxylic acids is 1. The van der Waals surface area contributed by atoms with Crippen LogP contribution in [0.25, 0.3) is 11.0 Å². The van der Waals surface area contributed by atoms with Gasteiger partial charge in [0, 0.05) is 24.6 Å². The molecule has 2 aliphatic rings. The Hall–Kier alpha value is -4.07. The van der Waals surface area contributed by atoms with Gasteiger partial charge in [-0.1, -0.05) is 36.4 Å². The van der Waals surface area contributed by atoms with E-state index in [9.17, 15) is 9.18 Å². The minimum atomic E-state index is -0.223. The first-order valence-corrected chi connectivity index (χ1v) is 13.2. The van der Waals surface area contributed by atoms with Crippen LogP contribution in [0.1, 0.15) is 36.9 Å². The van der Waals surface area contributed by atoms with Gasteiger partial charge in [-0.3, -0.25) is 4.79 Å². The van der Waals surface area contributed by atoms with Gasteiger partial charge in [-0.15, -0.1) is 0 Å². The molecule has 0 bridgehead atoms. The van der Waals surface area contributed by atoms with Crippen molar-refractivity contribution in [1.82, 2.24) is 14.9 Å². The molecule has 1 amide bonds. The zero-order valence-electron chi connectivity index (χ0n) is 21.4. The molecular formula is C30H31FN4O3. The predicted molar refractivity (Wildman–Crippen MR) is 144 cm³/mol. The number of aromatic nitrogens is 2. The van der Waals surface area contributed by atoms with E-state index in [1.165, 1.54) is 6.07 Å². The average Bonchev–Trinajstić information content (AvgIpc) is 3.32. The second-order valence-electron chi connectivity index (χ2n) is 9.97. The summed E-state index contributed by atoms with van der Waals surface area (Å²) < 4.78 is 27.9. The van der Waals surface area contributed by atoms with Crippen LogP contribution in [0.3, 0.4) is 0 Å². The largest absolute Gasteiger partial charge is 0.486 e. The number of hydrogen-bond donors (Lipinski definition) is 1. The molecular weight excluding hydrogens is 483 g/mol. The number of carbonyl (C=O) groups is 1. The number of halogens is 1. The third-order valence-corrected chi connectivity index (χ3v) is 7.49. The molecule has 1 N–H and O–H groups in total. The SMILES string of the molecule is C[C@H](NC(=O)C1CCN(c2nc3ccccc3n2Cc2ccccc2F)CC1)c1ccc2c(c1)OCCO2. The molecule has 1 fully saturated rings. The fraction of sp³-hybridized carbons (Fsp3) is 0.333. The number of piperidine rings is 1. The molecule has 0 radical (unpaired) electrons. The summed E-state index contributed by atoms with van der Waals surface area (Å²) in [6.45, 7) is 4.88. The molecule has 0 saturated carbocycles. The van der Waals surface area contributed by atoms with Crippen LogP contribution in [0, 0.1) is 11.7 Å². The maximum Gasteiger partial charge on any atom is 0.223 e. The van der Waals surface area contributed by atoms with Crippen LogP contribution in [0.4, 0.5) is 10.3 Å².